The summed E-state index contributed by atoms with van der Waals surface area (Å²) in [4.78, 5) is 25.7. The van der Waals surface area contributed by atoms with E-state index in [0.29, 0.717) is 31.9 Å². The summed E-state index contributed by atoms with van der Waals surface area (Å²) in [6.07, 6.45) is 2.04. The molecule has 5 nitrogen and oxygen atoms in total. The maximum atomic E-state index is 12.5. The highest BCUT2D eigenvalue weighted by Crippen LogP contribution is 2.10. The van der Waals surface area contributed by atoms with Crippen molar-refractivity contribution in [2.75, 3.05) is 13.2 Å². The number of furan rings is 1. The number of rotatable bonds is 8. The maximum Gasteiger partial charge on any atom is 0.307 e. The van der Waals surface area contributed by atoms with E-state index in [1.54, 1.807) is 24.2 Å². The summed E-state index contributed by atoms with van der Waals surface area (Å²) in [5.74, 6) is 0.344. The van der Waals surface area contributed by atoms with Gasteiger partial charge in [0.25, 0.3) is 0 Å². The van der Waals surface area contributed by atoms with E-state index in [0.717, 1.165) is 5.56 Å². The molecule has 0 bridgehead atoms. The normalized spacial score (nSPS) is 10.3. The van der Waals surface area contributed by atoms with Gasteiger partial charge in [-0.2, -0.15) is 0 Å². The van der Waals surface area contributed by atoms with Crippen molar-refractivity contribution in [3.8, 4) is 0 Å². The van der Waals surface area contributed by atoms with Crippen molar-refractivity contribution in [3.63, 3.8) is 0 Å². The average molecular weight is 315 g/mol. The van der Waals surface area contributed by atoms with Crippen LogP contribution < -0.4 is 0 Å². The zero-order chi connectivity index (χ0) is 16.5. The van der Waals surface area contributed by atoms with Crippen LogP contribution in [0.3, 0.4) is 0 Å². The lowest BCUT2D eigenvalue weighted by Crippen LogP contribution is -2.34. The third kappa shape index (κ3) is 5.62. The highest BCUT2D eigenvalue weighted by molar-refractivity contribution is 5.79. The van der Waals surface area contributed by atoms with E-state index < -0.39 is 0 Å². The second kappa shape index (κ2) is 8.78. The lowest BCUT2D eigenvalue weighted by atomic mass is 10.1. The van der Waals surface area contributed by atoms with Crippen LogP contribution in [0.25, 0.3) is 0 Å². The Morgan fingerprint density at radius 1 is 1.13 bits per heavy atom. The standard InChI is InChI=1S/C18H21NO4/c1-2-22-18(21)10-11-19(14-16-9-6-12-23-16)17(20)13-15-7-4-3-5-8-15/h3-9,12H,2,10-11,13-14H2,1H3. The van der Waals surface area contributed by atoms with E-state index >= 15 is 0 Å². The number of benzene rings is 1. The van der Waals surface area contributed by atoms with Crippen LogP contribution in [0, 0.1) is 0 Å². The number of hydrogen-bond acceptors (Lipinski definition) is 4. The van der Waals surface area contributed by atoms with Crippen molar-refractivity contribution in [2.24, 2.45) is 0 Å². The Morgan fingerprint density at radius 2 is 1.91 bits per heavy atom. The molecule has 0 atom stereocenters. The number of amides is 1. The summed E-state index contributed by atoms with van der Waals surface area (Å²) in [7, 11) is 0. The minimum atomic E-state index is -0.301. The van der Waals surface area contributed by atoms with Crippen LogP contribution in [0.15, 0.2) is 53.1 Å². The van der Waals surface area contributed by atoms with Gasteiger partial charge < -0.3 is 14.1 Å². The fourth-order valence-electron chi connectivity index (χ4n) is 2.22. The van der Waals surface area contributed by atoms with Gasteiger partial charge in [-0.05, 0) is 24.6 Å². The van der Waals surface area contributed by atoms with Gasteiger partial charge in [0, 0.05) is 6.54 Å². The molecule has 0 aliphatic rings. The van der Waals surface area contributed by atoms with Gasteiger partial charge in [0.15, 0.2) is 0 Å². The fourth-order valence-corrected chi connectivity index (χ4v) is 2.22. The van der Waals surface area contributed by atoms with E-state index in [2.05, 4.69) is 0 Å². The average Bonchev–Trinajstić information content (AvgIpc) is 3.05. The molecule has 23 heavy (non-hydrogen) atoms. The van der Waals surface area contributed by atoms with Gasteiger partial charge in [-0.3, -0.25) is 9.59 Å². The highest BCUT2D eigenvalue weighted by Gasteiger charge is 2.17. The summed E-state index contributed by atoms with van der Waals surface area (Å²) >= 11 is 0. The molecule has 0 saturated heterocycles. The number of hydrogen-bond donors (Lipinski definition) is 0. The quantitative estimate of drug-likeness (QED) is 0.703. The first kappa shape index (κ1) is 16.8. The monoisotopic (exact) mass is 315 g/mol. The van der Waals surface area contributed by atoms with Crippen molar-refractivity contribution in [2.45, 2.75) is 26.3 Å². The maximum absolute atomic E-state index is 12.5. The topological polar surface area (TPSA) is 59.8 Å². The van der Waals surface area contributed by atoms with E-state index in [1.165, 1.54) is 0 Å². The second-order valence-electron chi connectivity index (χ2n) is 5.11. The molecule has 0 saturated carbocycles. The smallest absolute Gasteiger partial charge is 0.307 e. The number of carbonyl (C=O) groups excluding carboxylic acids is 2. The first-order valence-electron chi connectivity index (χ1n) is 7.68. The van der Waals surface area contributed by atoms with Gasteiger partial charge in [0.2, 0.25) is 5.91 Å². The third-order valence-corrected chi connectivity index (χ3v) is 3.37. The molecular weight excluding hydrogens is 294 g/mol. The van der Waals surface area contributed by atoms with Crippen molar-refractivity contribution in [3.05, 3.63) is 60.1 Å². The molecule has 0 unspecified atom stereocenters. The number of ether oxygens (including phenoxy) is 1. The second-order valence-corrected chi connectivity index (χ2v) is 5.11. The van der Waals surface area contributed by atoms with Crippen LogP contribution in [0.4, 0.5) is 0 Å². The van der Waals surface area contributed by atoms with Crippen molar-refractivity contribution in [1.29, 1.82) is 0 Å². The zero-order valence-corrected chi connectivity index (χ0v) is 13.2. The summed E-state index contributed by atoms with van der Waals surface area (Å²) < 4.78 is 10.2. The molecule has 122 valence electrons. The Hall–Kier alpha value is -2.56. The fraction of sp³-hybridized carbons (Fsp3) is 0.333. The van der Waals surface area contributed by atoms with Crippen LogP contribution in [0.5, 0.6) is 0 Å². The molecule has 2 rings (SSSR count). The van der Waals surface area contributed by atoms with Gasteiger partial charge in [-0.25, -0.2) is 0 Å². The molecule has 1 amide bonds. The van der Waals surface area contributed by atoms with Crippen molar-refractivity contribution in [1.82, 2.24) is 4.90 Å². The van der Waals surface area contributed by atoms with Crippen molar-refractivity contribution < 1.29 is 18.7 Å². The van der Waals surface area contributed by atoms with Gasteiger partial charge in [0.1, 0.15) is 5.76 Å². The van der Waals surface area contributed by atoms with E-state index in [4.69, 9.17) is 9.15 Å². The van der Waals surface area contributed by atoms with Crippen LogP contribution in [0.2, 0.25) is 0 Å². The molecule has 2 aromatic rings. The summed E-state index contributed by atoms with van der Waals surface area (Å²) in [6.45, 7) is 2.76. The Kier molecular flexibility index (Phi) is 6.41. The Morgan fingerprint density at radius 3 is 2.57 bits per heavy atom. The van der Waals surface area contributed by atoms with Crippen LogP contribution >= 0.6 is 0 Å². The number of nitrogens with zero attached hydrogens (tertiary/aromatic N) is 1. The lowest BCUT2D eigenvalue weighted by Gasteiger charge is -2.21. The zero-order valence-electron chi connectivity index (χ0n) is 13.2. The Bertz CT molecular complexity index is 607. The number of carbonyl (C=O) groups is 2. The van der Waals surface area contributed by atoms with Gasteiger partial charge >= 0.3 is 5.97 Å². The van der Waals surface area contributed by atoms with Gasteiger partial charge in [-0.1, -0.05) is 30.3 Å². The summed E-state index contributed by atoms with van der Waals surface area (Å²) in [5.41, 5.74) is 0.943. The highest BCUT2D eigenvalue weighted by atomic mass is 16.5. The largest absolute Gasteiger partial charge is 0.467 e. The molecule has 0 radical (unpaired) electrons. The molecule has 0 aliphatic carbocycles. The minimum Gasteiger partial charge on any atom is -0.467 e. The molecule has 1 aromatic heterocycles. The molecule has 0 spiro atoms. The molecule has 0 fully saturated rings. The van der Waals surface area contributed by atoms with E-state index in [1.807, 2.05) is 36.4 Å². The predicted molar refractivity (Wildman–Crippen MR) is 85.5 cm³/mol. The predicted octanol–water partition coefficient (Wildman–Crippen LogP) is 2.80. The summed E-state index contributed by atoms with van der Waals surface area (Å²) in [5, 5.41) is 0. The Labute approximate surface area is 135 Å². The molecule has 1 aromatic carbocycles. The van der Waals surface area contributed by atoms with E-state index in [-0.39, 0.29) is 18.3 Å². The molecule has 1 heterocycles. The van der Waals surface area contributed by atoms with Gasteiger partial charge in [0.05, 0.1) is 32.3 Å². The van der Waals surface area contributed by atoms with Crippen LogP contribution in [0.1, 0.15) is 24.7 Å². The first-order valence-corrected chi connectivity index (χ1v) is 7.68. The van der Waals surface area contributed by atoms with Crippen LogP contribution in [-0.2, 0) is 27.3 Å². The van der Waals surface area contributed by atoms with Crippen molar-refractivity contribution >= 4 is 11.9 Å². The molecule has 0 N–H and O–H groups in total. The third-order valence-electron chi connectivity index (χ3n) is 3.37. The molecular formula is C18H21NO4. The Balaban J connectivity index is 1.99. The summed E-state index contributed by atoms with van der Waals surface area (Å²) in [6, 6.07) is 13.1. The lowest BCUT2D eigenvalue weighted by molar-refractivity contribution is -0.144. The van der Waals surface area contributed by atoms with E-state index in [9.17, 15) is 9.59 Å². The number of esters is 1. The minimum absolute atomic E-state index is 0.0445. The molecule has 5 heteroatoms. The van der Waals surface area contributed by atoms with Crippen LogP contribution in [-0.4, -0.2) is 29.9 Å². The first-order chi connectivity index (χ1) is 11.2. The molecule has 0 aliphatic heterocycles. The van der Waals surface area contributed by atoms with Gasteiger partial charge in [-0.15, -0.1) is 0 Å². The SMILES string of the molecule is CCOC(=O)CCN(Cc1ccco1)C(=O)Cc1ccccc1.